The molecule has 0 saturated heterocycles. The highest BCUT2D eigenvalue weighted by atomic mass is 14.8. The van der Waals surface area contributed by atoms with Crippen LogP contribution in [0.1, 0.15) is 27.7 Å². The zero-order valence-electron chi connectivity index (χ0n) is 7.70. The van der Waals surface area contributed by atoms with E-state index in [-0.39, 0.29) is 5.41 Å². The van der Waals surface area contributed by atoms with E-state index in [2.05, 4.69) is 23.8 Å². The average molecular weight is 152 g/mol. The average Bonchev–Trinajstić information content (AvgIpc) is 2.17. The highest BCUT2D eigenvalue weighted by Gasteiger charge is 2.10. The van der Waals surface area contributed by atoms with Crippen LogP contribution in [0.5, 0.6) is 0 Å². The van der Waals surface area contributed by atoms with Gasteiger partial charge in [-0.05, 0) is 13.8 Å². The van der Waals surface area contributed by atoms with Gasteiger partial charge < -0.3 is 0 Å². The molecule has 11 heavy (non-hydrogen) atoms. The largest absolute Gasteiger partial charge is 0.267 e. The summed E-state index contributed by atoms with van der Waals surface area (Å²) in [5.41, 5.74) is 0.0174. The molecule has 0 saturated carbocycles. The molecule has 2 heteroatoms. The summed E-state index contributed by atoms with van der Waals surface area (Å²) in [6.07, 6.45) is 7.12. The van der Waals surface area contributed by atoms with Crippen molar-refractivity contribution in [3.63, 3.8) is 0 Å². The molecule has 0 N–H and O–H groups in total. The maximum Gasteiger partial charge on any atom is 0.0447 e. The second-order valence-electron chi connectivity index (χ2n) is 2.68. The van der Waals surface area contributed by atoms with Crippen molar-refractivity contribution in [2.75, 3.05) is 0 Å². The Labute approximate surface area is 68.8 Å². The summed E-state index contributed by atoms with van der Waals surface area (Å²) in [7, 11) is 0. The van der Waals surface area contributed by atoms with E-state index < -0.39 is 0 Å². The summed E-state index contributed by atoms with van der Waals surface area (Å²) in [6.45, 7) is 8.12. The molecule has 2 nitrogen and oxygen atoms in total. The first kappa shape index (κ1) is 10.1. The molecular formula is C9H16N2. The second kappa shape index (κ2) is 4.83. The van der Waals surface area contributed by atoms with E-state index >= 15 is 0 Å². The minimum atomic E-state index is 0.0174. The van der Waals surface area contributed by atoms with Gasteiger partial charge in [0.15, 0.2) is 0 Å². The molecule has 0 aromatic heterocycles. The Bertz CT molecular complexity index is 158. The Morgan fingerprint density at radius 1 is 0.909 bits per heavy atom. The fourth-order valence-corrected chi connectivity index (χ4v) is 0.581. The predicted molar refractivity (Wildman–Crippen MR) is 51.3 cm³/mol. The van der Waals surface area contributed by atoms with Crippen molar-refractivity contribution < 1.29 is 0 Å². The fourth-order valence-electron chi connectivity index (χ4n) is 0.581. The van der Waals surface area contributed by atoms with Gasteiger partial charge in [-0.1, -0.05) is 13.8 Å². The maximum absolute atomic E-state index is 3.99. The lowest BCUT2D eigenvalue weighted by atomic mass is 9.98. The number of aliphatic imine (C=N–C) groups is 2. The lowest BCUT2D eigenvalue weighted by Crippen LogP contribution is -2.13. The van der Waals surface area contributed by atoms with Crippen LogP contribution in [0.3, 0.4) is 0 Å². The first-order valence-corrected chi connectivity index (χ1v) is 3.94. The van der Waals surface area contributed by atoms with E-state index in [0.717, 1.165) is 0 Å². The third-order valence-corrected chi connectivity index (χ3v) is 1.05. The number of hydrogen-bond acceptors (Lipinski definition) is 2. The van der Waals surface area contributed by atoms with Crippen LogP contribution in [0, 0.1) is 5.41 Å². The first-order valence-electron chi connectivity index (χ1n) is 3.94. The third kappa shape index (κ3) is 4.48. The van der Waals surface area contributed by atoms with E-state index in [9.17, 15) is 0 Å². The van der Waals surface area contributed by atoms with Crippen LogP contribution in [0.25, 0.3) is 0 Å². The summed E-state index contributed by atoms with van der Waals surface area (Å²) in [5, 5.41) is 0. The molecule has 1 aliphatic heterocycles. The van der Waals surface area contributed by atoms with Crippen molar-refractivity contribution in [1.82, 2.24) is 0 Å². The molecule has 0 radical (unpaired) electrons. The normalized spacial score (nSPS) is 18.5. The van der Waals surface area contributed by atoms with Gasteiger partial charge in [0, 0.05) is 30.2 Å². The molecule has 62 valence electrons. The van der Waals surface area contributed by atoms with Crippen LogP contribution < -0.4 is 0 Å². The molecule has 1 rings (SSSR count). The van der Waals surface area contributed by atoms with Crippen molar-refractivity contribution in [2.45, 2.75) is 27.7 Å². The number of rotatable bonds is 0. The SMILES string of the molecule is CC.CC1(C)C=NC=CN=C1. The third-order valence-electron chi connectivity index (χ3n) is 1.05. The summed E-state index contributed by atoms with van der Waals surface area (Å²) >= 11 is 0. The van der Waals surface area contributed by atoms with Crippen molar-refractivity contribution in [3.05, 3.63) is 12.4 Å². The number of nitrogens with zero attached hydrogens (tertiary/aromatic N) is 2. The Kier molecular flexibility index (Phi) is 4.42. The first-order chi connectivity index (χ1) is 5.21. The van der Waals surface area contributed by atoms with Gasteiger partial charge in [-0.25, -0.2) is 0 Å². The van der Waals surface area contributed by atoms with E-state index in [4.69, 9.17) is 0 Å². The zero-order chi connectivity index (χ0) is 8.74. The monoisotopic (exact) mass is 152 g/mol. The standard InChI is InChI=1S/C7H10N2.C2H6/c1-7(2)5-8-3-4-9-6-7;1-2/h3-6H,1-2H3;1-2H3. The zero-order valence-corrected chi connectivity index (χ0v) is 7.70. The van der Waals surface area contributed by atoms with E-state index in [1.165, 1.54) is 0 Å². The van der Waals surface area contributed by atoms with Crippen LogP contribution in [0.2, 0.25) is 0 Å². The maximum atomic E-state index is 3.99. The van der Waals surface area contributed by atoms with Crippen LogP contribution in [0.15, 0.2) is 22.4 Å². The molecule has 0 bridgehead atoms. The number of hydrogen-bond donors (Lipinski definition) is 0. The Hall–Kier alpha value is -0.920. The molecule has 0 unspecified atom stereocenters. The van der Waals surface area contributed by atoms with E-state index in [1.807, 2.05) is 26.3 Å². The van der Waals surface area contributed by atoms with Crippen molar-refractivity contribution in [1.29, 1.82) is 0 Å². The van der Waals surface area contributed by atoms with Gasteiger partial charge in [-0.3, -0.25) is 9.98 Å². The molecular weight excluding hydrogens is 136 g/mol. The molecule has 1 aliphatic rings. The van der Waals surface area contributed by atoms with E-state index in [1.54, 1.807) is 12.4 Å². The van der Waals surface area contributed by atoms with Gasteiger partial charge >= 0.3 is 0 Å². The lowest BCUT2D eigenvalue weighted by molar-refractivity contribution is 0.767. The molecule has 0 spiro atoms. The van der Waals surface area contributed by atoms with Crippen LogP contribution >= 0.6 is 0 Å². The molecule has 0 aliphatic carbocycles. The highest BCUT2D eigenvalue weighted by Crippen LogP contribution is 2.09. The summed E-state index contributed by atoms with van der Waals surface area (Å²) in [4.78, 5) is 7.99. The Morgan fingerprint density at radius 3 is 1.64 bits per heavy atom. The van der Waals surface area contributed by atoms with Crippen molar-refractivity contribution in [2.24, 2.45) is 15.4 Å². The Morgan fingerprint density at radius 2 is 1.27 bits per heavy atom. The van der Waals surface area contributed by atoms with Gasteiger partial charge in [0.05, 0.1) is 0 Å². The van der Waals surface area contributed by atoms with Crippen LogP contribution in [-0.4, -0.2) is 12.4 Å². The minimum absolute atomic E-state index is 0.0174. The summed E-state index contributed by atoms with van der Waals surface area (Å²) in [5.74, 6) is 0. The van der Waals surface area contributed by atoms with E-state index in [0.29, 0.717) is 0 Å². The molecule has 0 aromatic carbocycles. The molecule has 1 heterocycles. The molecule has 0 amide bonds. The molecule has 0 atom stereocenters. The quantitative estimate of drug-likeness (QED) is 0.510. The van der Waals surface area contributed by atoms with Gasteiger partial charge in [-0.15, -0.1) is 0 Å². The minimum Gasteiger partial charge on any atom is -0.267 e. The molecule has 0 fully saturated rings. The van der Waals surface area contributed by atoms with Gasteiger partial charge in [0.25, 0.3) is 0 Å². The summed E-state index contributed by atoms with van der Waals surface area (Å²) < 4.78 is 0. The van der Waals surface area contributed by atoms with Gasteiger partial charge in [0.1, 0.15) is 0 Å². The highest BCUT2D eigenvalue weighted by molar-refractivity contribution is 5.89. The smallest absolute Gasteiger partial charge is 0.0447 e. The van der Waals surface area contributed by atoms with Crippen molar-refractivity contribution in [3.8, 4) is 0 Å². The predicted octanol–water partition coefficient (Wildman–Crippen LogP) is 2.67. The Balaban J connectivity index is 0.000000461. The van der Waals surface area contributed by atoms with Crippen LogP contribution in [-0.2, 0) is 0 Å². The summed E-state index contributed by atoms with van der Waals surface area (Å²) in [6, 6.07) is 0. The van der Waals surface area contributed by atoms with Gasteiger partial charge in [0.2, 0.25) is 0 Å². The van der Waals surface area contributed by atoms with Gasteiger partial charge in [-0.2, -0.15) is 0 Å². The van der Waals surface area contributed by atoms with Crippen LogP contribution in [0.4, 0.5) is 0 Å². The fraction of sp³-hybridized carbons (Fsp3) is 0.556. The lowest BCUT2D eigenvalue weighted by Gasteiger charge is -2.08. The topological polar surface area (TPSA) is 24.7 Å². The molecule has 0 aromatic rings. The van der Waals surface area contributed by atoms with Crippen molar-refractivity contribution >= 4 is 12.4 Å². The second-order valence-corrected chi connectivity index (χ2v) is 2.68.